The zero-order valence-corrected chi connectivity index (χ0v) is 9.47. The molecule has 1 heterocycles. The van der Waals surface area contributed by atoms with Gasteiger partial charge in [0.05, 0.1) is 5.92 Å². The molecule has 2 unspecified atom stereocenters. The van der Waals surface area contributed by atoms with Crippen molar-refractivity contribution >= 4 is 5.91 Å². The van der Waals surface area contributed by atoms with Crippen LogP contribution in [0.25, 0.3) is 0 Å². The van der Waals surface area contributed by atoms with E-state index >= 15 is 0 Å². The number of hydrogen-bond acceptors (Lipinski definition) is 2. The molecular formula is C11H22N2O. The van der Waals surface area contributed by atoms with Crippen LogP contribution >= 0.6 is 0 Å². The van der Waals surface area contributed by atoms with Crippen molar-refractivity contribution in [3.05, 3.63) is 0 Å². The first-order valence-electron chi connectivity index (χ1n) is 5.59. The molecule has 0 aliphatic carbocycles. The topological polar surface area (TPSA) is 41.1 Å². The number of hydrogen-bond donors (Lipinski definition) is 2. The Morgan fingerprint density at radius 1 is 1.50 bits per heavy atom. The van der Waals surface area contributed by atoms with E-state index < -0.39 is 0 Å². The first-order valence-corrected chi connectivity index (χ1v) is 5.59. The highest BCUT2D eigenvalue weighted by Gasteiger charge is 2.28. The molecule has 2 N–H and O–H groups in total. The number of carbonyl (C=O) groups excluding carboxylic acids is 1. The van der Waals surface area contributed by atoms with Crippen molar-refractivity contribution < 1.29 is 4.79 Å². The highest BCUT2D eigenvalue weighted by Crippen LogP contribution is 2.15. The van der Waals surface area contributed by atoms with E-state index in [2.05, 4.69) is 31.4 Å². The summed E-state index contributed by atoms with van der Waals surface area (Å²) in [5, 5.41) is 6.25. The second-order valence-electron chi connectivity index (χ2n) is 4.72. The van der Waals surface area contributed by atoms with Crippen molar-refractivity contribution in [2.75, 3.05) is 19.6 Å². The summed E-state index contributed by atoms with van der Waals surface area (Å²) < 4.78 is 0. The van der Waals surface area contributed by atoms with Crippen molar-refractivity contribution in [1.29, 1.82) is 0 Å². The van der Waals surface area contributed by atoms with E-state index in [1.54, 1.807) is 0 Å². The second kappa shape index (κ2) is 5.35. The van der Waals surface area contributed by atoms with Crippen molar-refractivity contribution in [2.24, 2.45) is 17.8 Å². The largest absolute Gasteiger partial charge is 0.356 e. The maximum atomic E-state index is 11.7. The van der Waals surface area contributed by atoms with Gasteiger partial charge in [-0.2, -0.15) is 0 Å². The third-order valence-electron chi connectivity index (χ3n) is 2.88. The van der Waals surface area contributed by atoms with Gasteiger partial charge in [0.15, 0.2) is 0 Å². The summed E-state index contributed by atoms with van der Waals surface area (Å²) in [6, 6.07) is 0. The van der Waals surface area contributed by atoms with Gasteiger partial charge in [-0.3, -0.25) is 4.79 Å². The monoisotopic (exact) mass is 198 g/mol. The summed E-state index contributed by atoms with van der Waals surface area (Å²) in [7, 11) is 0. The smallest absolute Gasteiger partial charge is 0.224 e. The molecule has 0 spiro atoms. The van der Waals surface area contributed by atoms with Crippen LogP contribution in [-0.2, 0) is 4.79 Å². The van der Waals surface area contributed by atoms with E-state index in [1.807, 2.05) is 0 Å². The summed E-state index contributed by atoms with van der Waals surface area (Å²) >= 11 is 0. The summed E-state index contributed by atoms with van der Waals surface area (Å²) in [6.45, 7) is 9.11. The van der Waals surface area contributed by atoms with Gasteiger partial charge in [0.2, 0.25) is 5.91 Å². The standard InChI is InChI=1S/C11H22N2O/c1-8(2)4-5-13-11(14)10-7-12-6-9(10)3/h8-10,12H,4-7H2,1-3H3,(H,13,14). The lowest BCUT2D eigenvalue weighted by Crippen LogP contribution is -2.35. The summed E-state index contributed by atoms with van der Waals surface area (Å²) in [5.41, 5.74) is 0. The summed E-state index contributed by atoms with van der Waals surface area (Å²) in [4.78, 5) is 11.7. The van der Waals surface area contributed by atoms with Crippen LogP contribution in [-0.4, -0.2) is 25.5 Å². The van der Waals surface area contributed by atoms with Gasteiger partial charge < -0.3 is 10.6 Å². The molecule has 0 aromatic carbocycles. The Bertz CT molecular complexity index is 192. The molecule has 14 heavy (non-hydrogen) atoms. The maximum Gasteiger partial charge on any atom is 0.224 e. The van der Waals surface area contributed by atoms with Gasteiger partial charge in [-0.05, 0) is 24.8 Å². The maximum absolute atomic E-state index is 11.7. The fraction of sp³-hybridized carbons (Fsp3) is 0.909. The SMILES string of the molecule is CC(C)CCNC(=O)C1CNCC1C. The Hall–Kier alpha value is -0.570. The van der Waals surface area contributed by atoms with Crippen LogP contribution in [0.4, 0.5) is 0 Å². The lowest BCUT2D eigenvalue weighted by atomic mass is 9.97. The number of carbonyl (C=O) groups is 1. The third-order valence-corrected chi connectivity index (χ3v) is 2.88. The Balaban J connectivity index is 2.21. The normalized spacial score (nSPS) is 26.9. The lowest BCUT2D eigenvalue weighted by Gasteiger charge is -2.14. The second-order valence-corrected chi connectivity index (χ2v) is 4.72. The Kier molecular flexibility index (Phi) is 4.39. The van der Waals surface area contributed by atoms with Crippen molar-refractivity contribution in [1.82, 2.24) is 10.6 Å². The van der Waals surface area contributed by atoms with Crippen LogP contribution in [0.2, 0.25) is 0 Å². The van der Waals surface area contributed by atoms with Crippen LogP contribution < -0.4 is 10.6 Å². The fourth-order valence-electron chi connectivity index (χ4n) is 1.78. The number of rotatable bonds is 4. The fourth-order valence-corrected chi connectivity index (χ4v) is 1.78. The van der Waals surface area contributed by atoms with Gasteiger partial charge in [-0.1, -0.05) is 20.8 Å². The van der Waals surface area contributed by atoms with Crippen LogP contribution in [0.5, 0.6) is 0 Å². The molecule has 82 valence electrons. The zero-order valence-electron chi connectivity index (χ0n) is 9.47. The van der Waals surface area contributed by atoms with Crippen molar-refractivity contribution in [2.45, 2.75) is 27.2 Å². The Labute approximate surface area is 86.6 Å². The highest BCUT2D eigenvalue weighted by molar-refractivity contribution is 5.79. The van der Waals surface area contributed by atoms with Crippen LogP contribution in [0.1, 0.15) is 27.2 Å². The highest BCUT2D eigenvalue weighted by atomic mass is 16.1. The minimum Gasteiger partial charge on any atom is -0.356 e. The van der Waals surface area contributed by atoms with E-state index in [1.165, 1.54) is 0 Å². The van der Waals surface area contributed by atoms with Gasteiger partial charge in [0.25, 0.3) is 0 Å². The quantitative estimate of drug-likeness (QED) is 0.707. The molecule has 0 aromatic rings. The molecule has 1 fully saturated rings. The summed E-state index contributed by atoms with van der Waals surface area (Å²) in [5.74, 6) is 1.55. The molecule has 3 heteroatoms. The molecule has 0 bridgehead atoms. The van der Waals surface area contributed by atoms with E-state index in [9.17, 15) is 4.79 Å². The van der Waals surface area contributed by atoms with Gasteiger partial charge >= 0.3 is 0 Å². The van der Waals surface area contributed by atoms with E-state index in [4.69, 9.17) is 0 Å². The molecule has 1 aliphatic heterocycles. The van der Waals surface area contributed by atoms with E-state index in [0.717, 1.165) is 26.1 Å². The van der Waals surface area contributed by atoms with Gasteiger partial charge in [-0.15, -0.1) is 0 Å². The van der Waals surface area contributed by atoms with E-state index in [-0.39, 0.29) is 11.8 Å². The predicted molar refractivity (Wildman–Crippen MR) is 58.0 cm³/mol. The molecule has 1 saturated heterocycles. The van der Waals surface area contributed by atoms with Crippen LogP contribution in [0.3, 0.4) is 0 Å². The van der Waals surface area contributed by atoms with Crippen molar-refractivity contribution in [3.63, 3.8) is 0 Å². The molecule has 0 saturated carbocycles. The molecule has 0 aromatic heterocycles. The van der Waals surface area contributed by atoms with Gasteiger partial charge in [0, 0.05) is 13.1 Å². The minimum atomic E-state index is 0.183. The van der Waals surface area contributed by atoms with Crippen molar-refractivity contribution in [3.8, 4) is 0 Å². The summed E-state index contributed by atoms with van der Waals surface area (Å²) in [6.07, 6.45) is 1.07. The van der Waals surface area contributed by atoms with Crippen LogP contribution in [0.15, 0.2) is 0 Å². The molecule has 3 nitrogen and oxygen atoms in total. The molecule has 0 radical (unpaired) electrons. The zero-order chi connectivity index (χ0) is 10.6. The first kappa shape index (κ1) is 11.5. The predicted octanol–water partition coefficient (Wildman–Crippen LogP) is 1.00. The minimum absolute atomic E-state index is 0.183. The Morgan fingerprint density at radius 3 is 2.71 bits per heavy atom. The number of nitrogens with one attached hydrogen (secondary N) is 2. The average molecular weight is 198 g/mol. The third kappa shape index (κ3) is 3.29. The number of amides is 1. The van der Waals surface area contributed by atoms with Gasteiger partial charge in [0.1, 0.15) is 0 Å². The molecule has 1 rings (SSSR count). The van der Waals surface area contributed by atoms with Gasteiger partial charge in [-0.25, -0.2) is 0 Å². The van der Waals surface area contributed by atoms with Crippen LogP contribution in [0, 0.1) is 17.8 Å². The average Bonchev–Trinajstić information content (AvgIpc) is 2.50. The molecular weight excluding hydrogens is 176 g/mol. The molecule has 2 atom stereocenters. The lowest BCUT2D eigenvalue weighted by molar-refractivity contribution is -0.125. The molecule has 1 aliphatic rings. The Morgan fingerprint density at radius 2 is 2.21 bits per heavy atom. The van der Waals surface area contributed by atoms with E-state index in [0.29, 0.717) is 11.8 Å². The first-order chi connectivity index (χ1) is 6.61. The molecule has 1 amide bonds.